The first kappa shape index (κ1) is 25.3. The fraction of sp³-hybridized carbons (Fsp3) is 0.400. The molecular formula is C25H30F2N4O3. The second kappa shape index (κ2) is 10.7. The lowest BCUT2D eigenvalue weighted by atomic mass is 9.86. The predicted octanol–water partition coefficient (Wildman–Crippen LogP) is 4.71. The van der Waals surface area contributed by atoms with E-state index in [9.17, 15) is 23.5 Å². The van der Waals surface area contributed by atoms with Crippen molar-refractivity contribution in [1.29, 1.82) is 0 Å². The molecular weight excluding hydrogens is 442 g/mol. The normalized spacial score (nSPS) is 13.1. The largest absolute Gasteiger partial charge is 0.396 e. The Kier molecular flexibility index (Phi) is 7.98. The Morgan fingerprint density at radius 3 is 2.71 bits per heavy atom. The van der Waals surface area contributed by atoms with Gasteiger partial charge < -0.3 is 14.6 Å². The van der Waals surface area contributed by atoms with E-state index in [0.29, 0.717) is 18.5 Å². The molecule has 34 heavy (non-hydrogen) atoms. The lowest BCUT2D eigenvalue weighted by molar-refractivity contribution is -0.122. The number of aryl methyl sites for hydroxylation is 1. The summed E-state index contributed by atoms with van der Waals surface area (Å²) in [6.07, 6.45) is 0.193. The summed E-state index contributed by atoms with van der Waals surface area (Å²) in [6, 6.07) is 11.0. The molecule has 2 N–H and O–H groups in total. The highest BCUT2D eigenvalue weighted by Gasteiger charge is 2.30. The van der Waals surface area contributed by atoms with Crippen molar-refractivity contribution in [3.05, 3.63) is 59.2 Å². The van der Waals surface area contributed by atoms with E-state index in [-0.39, 0.29) is 23.7 Å². The summed E-state index contributed by atoms with van der Waals surface area (Å²) in [7, 11) is 1.74. The third-order valence-electron chi connectivity index (χ3n) is 6.21. The third kappa shape index (κ3) is 5.09. The quantitative estimate of drug-likeness (QED) is 0.396. The third-order valence-corrected chi connectivity index (χ3v) is 6.21. The maximum Gasteiger partial charge on any atom is 0.263 e. The number of hydrogen-bond acceptors (Lipinski definition) is 4. The van der Waals surface area contributed by atoms with E-state index in [1.165, 1.54) is 18.2 Å². The average molecular weight is 473 g/mol. The zero-order chi connectivity index (χ0) is 24.9. The summed E-state index contributed by atoms with van der Waals surface area (Å²) in [6.45, 7) is 4.41. The summed E-state index contributed by atoms with van der Waals surface area (Å²) in [4.78, 5) is 30.6. The number of nitrogens with zero attached hydrogens (tertiary/aromatic N) is 3. The molecule has 0 saturated heterocycles. The first-order chi connectivity index (χ1) is 16.2. The van der Waals surface area contributed by atoms with Crippen molar-refractivity contribution in [2.24, 2.45) is 0 Å². The Morgan fingerprint density at radius 2 is 2.06 bits per heavy atom. The zero-order valence-electron chi connectivity index (χ0n) is 19.6. The number of rotatable bonds is 11. The maximum atomic E-state index is 13.1. The lowest BCUT2D eigenvalue weighted by Crippen LogP contribution is -2.40. The molecule has 1 atom stereocenters. The van der Waals surface area contributed by atoms with Gasteiger partial charge in [0.1, 0.15) is 0 Å². The highest BCUT2D eigenvalue weighted by Crippen LogP contribution is 2.34. The van der Waals surface area contributed by atoms with Crippen molar-refractivity contribution in [2.45, 2.75) is 51.6 Å². The van der Waals surface area contributed by atoms with Crippen LogP contribution in [0.25, 0.3) is 11.0 Å². The number of aromatic nitrogens is 2. The summed E-state index contributed by atoms with van der Waals surface area (Å²) < 4.78 is 27.9. The van der Waals surface area contributed by atoms with Gasteiger partial charge in [0.15, 0.2) is 0 Å². The van der Waals surface area contributed by atoms with Crippen LogP contribution in [0.4, 0.5) is 14.7 Å². The van der Waals surface area contributed by atoms with E-state index in [1.807, 2.05) is 25.1 Å². The molecule has 0 aliphatic rings. The van der Waals surface area contributed by atoms with Gasteiger partial charge in [0.2, 0.25) is 12.4 Å². The molecule has 3 aromatic rings. The van der Waals surface area contributed by atoms with E-state index < -0.39 is 17.9 Å². The molecule has 2 aromatic carbocycles. The number of anilines is 1. The molecule has 0 fully saturated rings. The Morgan fingerprint density at radius 1 is 1.29 bits per heavy atom. The Labute approximate surface area is 197 Å². The molecule has 0 radical (unpaired) electrons. The summed E-state index contributed by atoms with van der Waals surface area (Å²) >= 11 is 0. The molecule has 3 rings (SSSR count). The number of carbonyl (C=O) groups excluding carboxylic acids is 2. The second-order valence-electron chi connectivity index (χ2n) is 8.49. The van der Waals surface area contributed by atoms with E-state index in [2.05, 4.69) is 17.2 Å². The molecule has 2 amide bonds. The maximum absolute atomic E-state index is 13.1. The van der Waals surface area contributed by atoms with Gasteiger partial charge in [0, 0.05) is 31.3 Å². The van der Waals surface area contributed by atoms with Crippen LogP contribution in [0.2, 0.25) is 0 Å². The number of fused-ring (bicyclic) bond motifs is 1. The van der Waals surface area contributed by atoms with Gasteiger partial charge in [-0.1, -0.05) is 31.5 Å². The van der Waals surface area contributed by atoms with E-state index in [4.69, 9.17) is 0 Å². The van der Waals surface area contributed by atoms with Gasteiger partial charge in [-0.2, -0.15) is 0 Å². The Hall–Kier alpha value is -3.33. The van der Waals surface area contributed by atoms with Gasteiger partial charge in [-0.15, -0.1) is 0 Å². The van der Waals surface area contributed by atoms with E-state index >= 15 is 0 Å². The molecule has 0 spiro atoms. The number of benzene rings is 2. The number of carbonyl (C=O) groups is 2. The van der Waals surface area contributed by atoms with Crippen molar-refractivity contribution < 1.29 is 23.5 Å². The molecule has 9 heteroatoms. The van der Waals surface area contributed by atoms with Crippen molar-refractivity contribution in [1.82, 2.24) is 14.5 Å². The summed E-state index contributed by atoms with van der Waals surface area (Å²) in [5, 5.41) is 12.1. The lowest BCUT2D eigenvalue weighted by Gasteiger charge is -2.37. The monoisotopic (exact) mass is 472 g/mol. The van der Waals surface area contributed by atoms with E-state index in [1.54, 1.807) is 16.5 Å². The predicted molar refractivity (Wildman–Crippen MR) is 127 cm³/mol. The average Bonchev–Trinajstić information content (AvgIpc) is 3.18. The topological polar surface area (TPSA) is 87.5 Å². The number of aliphatic hydroxyl groups is 1. The Balaban J connectivity index is 2.03. The fourth-order valence-electron chi connectivity index (χ4n) is 4.13. The van der Waals surface area contributed by atoms with Gasteiger partial charge >= 0.3 is 0 Å². The zero-order valence-corrected chi connectivity index (χ0v) is 19.6. The highest BCUT2D eigenvalue weighted by atomic mass is 19.3. The van der Waals surface area contributed by atoms with Crippen molar-refractivity contribution in [3.8, 4) is 0 Å². The number of halogens is 2. The van der Waals surface area contributed by atoms with Crippen molar-refractivity contribution in [3.63, 3.8) is 0 Å². The molecule has 1 heterocycles. The van der Waals surface area contributed by atoms with Crippen LogP contribution in [0.15, 0.2) is 42.5 Å². The first-order valence-electron chi connectivity index (χ1n) is 11.2. The SMILES string of the molecule is CCCC(C)(c1ccc2c(c1)nc(NC(=O)c1cccc(C(F)F)c1)n2CCCO)N(C)C=O. The van der Waals surface area contributed by atoms with E-state index in [0.717, 1.165) is 36.4 Å². The van der Waals surface area contributed by atoms with Crippen LogP contribution >= 0.6 is 0 Å². The summed E-state index contributed by atoms with van der Waals surface area (Å²) in [5.74, 6) is -0.297. The second-order valence-corrected chi connectivity index (χ2v) is 8.49. The molecule has 0 aliphatic heterocycles. The van der Waals surface area contributed by atoms with Crippen LogP contribution < -0.4 is 5.32 Å². The molecule has 1 aromatic heterocycles. The smallest absolute Gasteiger partial charge is 0.263 e. The van der Waals surface area contributed by atoms with Gasteiger partial charge in [-0.3, -0.25) is 14.9 Å². The van der Waals surface area contributed by atoms with Gasteiger partial charge in [-0.25, -0.2) is 13.8 Å². The molecule has 0 saturated carbocycles. The highest BCUT2D eigenvalue weighted by molar-refractivity contribution is 6.04. The molecule has 182 valence electrons. The van der Waals surface area contributed by atoms with Crippen molar-refractivity contribution >= 4 is 29.3 Å². The number of alkyl halides is 2. The van der Waals surface area contributed by atoms with Gasteiger partial charge in [-0.05, 0) is 49.6 Å². The van der Waals surface area contributed by atoms with Crippen LogP contribution in [0.3, 0.4) is 0 Å². The van der Waals surface area contributed by atoms with Crippen LogP contribution in [0.1, 0.15) is 61.0 Å². The molecule has 7 nitrogen and oxygen atoms in total. The molecule has 1 unspecified atom stereocenters. The minimum atomic E-state index is -2.68. The minimum absolute atomic E-state index is 0.0414. The Bertz CT molecular complexity index is 1160. The molecule has 0 aliphatic carbocycles. The van der Waals surface area contributed by atoms with Crippen LogP contribution in [-0.2, 0) is 16.9 Å². The summed E-state index contributed by atoms with van der Waals surface area (Å²) in [5.41, 5.74) is 1.61. The van der Waals surface area contributed by atoms with Crippen molar-refractivity contribution in [2.75, 3.05) is 19.0 Å². The van der Waals surface area contributed by atoms with Crippen LogP contribution in [-0.4, -0.2) is 45.5 Å². The van der Waals surface area contributed by atoms with Crippen LogP contribution in [0, 0.1) is 0 Å². The number of amides is 2. The van der Waals surface area contributed by atoms with Gasteiger partial charge in [0.25, 0.3) is 12.3 Å². The number of nitrogens with one attached hydrogen (secondary N) is 1. The van der Waals surface area contributed by atoms with Gasteiger partial charge in [0.05, 0.1) is 16.6 Å². The standard InChI is InChI=1S/C25H30F2N4O3/c1-4-11-25(2,30(3)16-33)19-9-10-21-20(15-19)28-24(31(21)12-6-13-32)29-23(34)18-8-5-7-17(14-18)22(26)27/h5,7-10,14-16,22,32H,4,6,11-13H2,1-3H3,(H,28,29,34). The number of hydrogen-bond donors (Lipinski definition) is 2. The number of imidazole rings is 1. The van der Waals surface area contributed by atoms with Crippen LogP contribution in [0.5, 0.6) is 0 Å². The fourth-order valence-corrected chi connectivity index (χ4v) is 4.13. The molecule has 0 bridgehead atoms. The first-order valence-corrected chi connectivity index (χ1v) is 11.2. The number of aliphatic hydroxyl groups excluding tert-OH is 1. The minimum Gasteiger partial charge on any atom is -0.396 e.